The molecular weight excluding hydrogens is 122 g/mol. The molecule has 1 saturated heterocycles. The molecule has 1 atom stereocenters. The van der Waals surface area contributed by atoms with Crippen molar-refractivity contribution in [3.63, 3.8) is 0 Å². The minimum absolute atomic E-state index is 0.669. The molecule has 0 spiro atoms. The third-order valence-electron chi connectivity index (χ3n) is 2.25. The van der Waals surface area contributed by atoms with E-state index in [1.165, 1.54) is 6.42 Å². The van der Waals surface area contributed by atoms with Gasteiger partial charge in [0.2, 0.25) is 0 Å². The van der Waals surface area contributed by atoms with E-state index in [0.717, 1.165) is 19.5 Å². The molecule has 1 radical (unpaired) electrons. The Morgan fingerprint density at radius 2 is 2.50 bits per heavy atom. The SMILES string of the molecule is C1=CC2C[N]CCC2=CC1. The van der Waals surface area contributed by atoms with Gasteiger partial charge in [-0.2, -0.15) is 0 Å². The largest absolute Gasteiger partial charge is 0.241 e. The molecule has 1 aliphatic carbocycles. The van der Waals surface area contributed by atoms with Crippen LogP contribution in [0.3, 0.4) is 0 Å². The first-order valence-corrected chi connectivity index (χ1v) is 3.95. The second-order valence-corrected chi connectivity index (χ2v) is 2.93. The quantitative estimate of drug-likeness (QED) is 0.446. The summed E-state index contributed by atoms with van der Waals surface area (Å²) in [6.45, 7) is 2.08. The zero-order valence-electron chi connectivity index (χ0n) is 6.09. The molecule has 1 aliphatic heterocycles. The average Bonchev–Trinajstić information content (AvgIpc) is 2.05. The van der Waals surface area contributed by atoms with Gasteiger partial charge in [-0.1, -0.05) is 23.8 Å². The van der Waals surface area contributed by atoms with E-state index in [-0.39, 0.29) is 0 Å². The summed E-state index contributed by atoms with van der Waals surface area (Å²) < 4.78 is 0. The summed E-state index contributed by atoms with van der Waals surface area (Å²) in [5, 5.41) is 4.37. The van der Waals surface area contributed by atoms with E-state index in [0.29, 0.717) is 5.92 Å². The van der Waals surface area contributed by atoms with Gasteiger partial charge in [-0.15, -0.1) is 0 Å². The maximum atomic E-state index is 4.37. The van der Waals surface area contributed by atoms with Crippen LogP contribution in [0.4, 0.5) is 0 Å². The number of nitrogens with zero attached hydrogens (tertiary/aromatic N) is 1. The lowest BCUT2D eigenvalue weighted by atomic mass is 9.88. The lowest BCUT2D eigenvalue weighted by Gasteiger charge is -2.24. The lowest BCUT2D eigenvalue weighted by molar-refractivity contribution is 0.520. The maximum Gasteiger partial charge on any atom is 0.0233 e. The lowest BCUT2D eigenvalue weighted by Crippen LogP contribution is -2.26. The van der Waals surface area contributed by atoms with Crippen LogP contribution in [0, 0.1) is 5.92 Å². The molecule has 0 amide bonds. The van der Waals surface area contributed by atoms with Gasteiger partial charge in [0.15, 0.2) is 0 Å². The Balaban J connectivity index is 2.13. The summed E-state index contributed by atoms with van der Waals surface area (Å²) in [6.07, 6.45) is 9.26. The third-order valence-corrected chi connectivity index (χ3v) is 2.25. The van der Waals surface area contributed by atoms with Crippen molar-refractivity contribution < 1.29 is 0 Å². The first kappa shape index (κ1) is 6.17. The number of rotatable bonds is 0. The Morgan fingerprint density at radius 3 is 3.40 bits per heavy atom. The molecule has 2 rings (SSSR count). The smallest absolute Gasteiger partial charge is 0.0233 e. The van der Waals surface area contributed by atoms with Crippen LogP contribution in [0.5, 0.6) is 0 Å². The maximum absolute atomic E-state index is 4.37. The number of fused-ring (bicyclic) bond motifs is 1. The monoisotopic (exact) mass is 134 g/mol. The highest BCUT2D eigenvalue weighted by Crippen LogP contribution is 2.23. The molecule has 1 unspecified atom stereocenters. The van der Waals surface area contributed by atoms with Crippen molar-refractivity contribution in [2.24, 2.45) is 5.92 Å². The Labute approximate surface area is 61.8 Å². The molecule has 1 fully saturated rings. The fourth-order valence-electron chi connectivity index (χ4n) is 1.64. The number of hydrogen-bond acceptors (Lipinski definition) is 0. The van der Waals surface area contributed by atoms with Crippen LogP contribution in [0.15, 0.2) is 23.8 Å². The van der Waals surface area contributed by atoms with Crippen molar-refractivity contribution in [1.82, 2.24) is 5.32 Å². The van der Waals surface area contributed by atoms with Gasteiger partial charge in [-0.3, -0.25) is 0 Å². The van der Waals surface area contributed by atoms with Crippen LogP contribution < -0.4 is 5.32 Å². The molecule has 53 valence electrons. The van der Waals surface area contributed by atoms with Crippen molar-refractivity contribution in [2.75, 3.05) is 13.1 Å². The number of piperidine rings is 1. The average molecular weight is 134 g/mol. The minimum atomic E-state index is 0.669. The van der Waals surface area contributed by atoms with Gasteiger partial charge in [-0.05, 0) is 12.8 Å². The van der Waals surface area contributed by atoms with Gasteiger partial charge in [0, 0.05) is 19.0 Å². The molecule has 0 saturated carbocycles. The summed E-state index contributed by atoms with van der Waals surface area (Å²) in [5.74, 6) is 0.669. The molecule has 0 aromatic rings. The summed E-state index contributed by atoms with van der Waals surface area (Å²) in [5.41, 5.74) is 1.62. The summed E-state index contributed by atoms with van der Waals surface area (Å²) in [4.78, 5) is 0. The van der Waals surface area contributed by atoms with E-state index in [4.69, 9.17) is 0 Å². The van der Waals surface area contributed by atoms with Crippen LogP contribution >= 0.6 is 0 Å². The Bertz CT molecular complexity index is 179. The van der Waals surface area contributed by atoms with Gasteiger partial charge in [0.1, 0.15) is 0 Å². The molecule has 10 heavy (non-hydrogen) atoms. The highest BCUT2D eigenvalue weighted by atomic mass is 14.9. The van der Waals surface area contributed by atoms with Gasteiger partial charge in [0.25, 0.3) is 0 Å². The molecule has 1 nitrogen and oxygen atoms in total. The zero-order valence-corrected chi connectivity index (χ0v) is 6.09. The van der Waals surface area contributed by atoms with E-state index in [9.17, 15) is 0 Å². The van der Waals surface area contributed by atoms with Crippen molar-refractivity contribution in [3.8, 4) is 0 Å². The number of hydrogen-bond donors (Lipinski definition) is 0. The highest BCUT2D eigenvalue weighted by molar-refractivity contribution is 5.21. The van der Waals surface area contributed by atoms with Crippen LogP contribution in [0.25, 0.3) is 0 Å². The molecule has 0 aromatic heterocycles. The van der Waals surface area contributed by atoms with E-state index in [2.05, 4.69) is 23.5 Å². The van der Waals surface area contributed by atoms with Crippen molar-refractivity contribution in [2.45, 2.75) is 12.8 Å². The fraction of sp³-hybridized carbons (Fsp3) is 0.556. The predicted molar refractivity (Wildman–Crippen MR) is 41.8 cm³/mol. The summed E-state index contributed by atoms with van der Waals surface area (Å²) in [6, 6.07) is 0. The fourth-order valence-corrected chi connectivity index (χ4v) is 1.64. The predicted octanol–water partition coefficient (Wildman–Crippen LogP) is 1.50. The first-order valence-electron chi connectivity index (χ1n) is 3.95. The normalized spacial score (nSPS) is 31.2. The van der Waals surface area contributed by atoms with E-state index in [1.807, 2.05) is 0 Å². The summed E-state index contributed by atoms with van der Waals surface area (Å²) in [7, 11) is 0. The molecule has 1 heterocycles. The van der Waals surface area contributed by atoms with E-state index >= 15 is 0 Å². The van der Waals surface area contributed by atoms with Gasteiger partial charge in [0.05, 0.1) is 0 Å². The second kappa shape index (κ2) is 2.59. The van der Waals surface area contributed by atoms with Gasteiger partial charge >= 0.3 is 0 Å². The van der Waals surface area contributed by atoms with Gasteiger partial charge < -0.3 is 0 Å². The van der Waals surface area contributed by atoms with Crippen LogP contribution in [0.1, 0.15) is 12.8 Å². The zero-order chi connectivity index (χ0) is 6.81. The minimum Gasteiger partial charge on any atom is -0.241 e. The molecule has 0 N–H and O–H groups in total. The molecule has 2 aliphatic rings. The molecular formula is C9H12N. The molecule has 1 heteroatoms. The molecule has 0 aromatic carbocycles. The van der Waals surface area contributed by atoms with Crippen LogP contribution in [-0.4, -0.2) is 13.1 Å². The second-order valence-electron chi connectivity index (χ2n) is 2.93. The third kappa shape index (κ3) is 1.01. The van der Waals surface area contributed by atoms with Crippen LogP contribution in [0.2, 0.25) is 0 Å². The van der Waals surface area contributed by atoms with E-state index < -0.39 is 0 Å². The van der Waals surface area contributed by atoms with Gasteiger partial charge in [-0.25, -0.2) is 5.32 Å². The Hall–Kier alpha value is -0.560. The first-order chi connectivity index (χ1) is 4.97. The van der Waals surface area contributed by atoms with Crippen molar-refractivity contribution >= 4 is 0 Å². The topological polar surface area (TPSA) is 14.1 Å². The molecule has 0 bridgehead atoms. The van der Waals surface area contributed by atoms with Crippen LogP contribution in [-0.2, 0) is 0 Å². The standard InChI is InChI=1S/C9H12N/c1-2-4-9-7-10-6-5-8(9)3-1/h2-4,9H,1,5-7H2. The van der Waals surface area contributed by atoms with Crippen molar-refractivity contribution in [3.05, 3.63) is 23.8 Å². The Kier molecular flexibility index (Phi) is 1.60. The Morgan fingerprint density at radius 1 is 1.50 bits per heavy atom. The summed E-state index contributed by atoms with van der Waals surface area (Å²) >= 11 is 0. The number of allylic oxidation sites excluding steroid dienone is 2. The highest BCUT2D eigenvalue weighted by Gasteiger charge is 2.17. The van der Waals surface area contributed by atoms with E-state index in [1.54, 1.807) is 5.57 Å². The van der Waals surface area contributed by atoms with Crippen molar-refractivity contribution in [1.29, 1.82) is 0 Å².